The predicted molar refractivity (Wildman–Crippen MR) is 77.4 cm³/mol. The quantitative estimate of drug-likeness (QED) is 0.673. The molecule has 0 aliphatic carbocycles. The smallest absolute Gasteiger partial charge is 0.201 e. The largest absolute Gasteiger partial charge is 0.383 e. The van der Waals surface area contributed by atoms with Gasteiger partial charge in [0.2, 0.25) is 5.95 Å². The molecule has 1 aromatic carbocycles. The Bertz CT molecular complexity index is 695. The van der Waals surface area contributed by atoms with Crippen LogP contribution in [-0.4, -0.2) is 31.4 Å². The van der Waals surface area contributed by atoms with Crippen molar-refractivity contribution in [3.8, 4) is 0 Å². The van der Waals surface area contributed by atoms with Crippen molar-refractivity contribution in [2.45, 2.75) is 12.5 Å². The molecule has 0 saturated carbocycles. The van der Waals surface area contributed by atoms with Crippen LogP contribution in [-0.2, 0) is 12.6 Å². The third kappa shape index (κ3) is 2.37. The van der Waals surface area contributed by atoms with Gasteiger partial charge in [0.1, 0.15) is 5.60 Å². The topological polar surface area (TPSA) is 78.8 Å². The van der Waals surface area contributed by atoms with Gasteiger partial charge in [0.25, 0.3) is 0 Å². The van der Waals surface area contributed by atoms with Crippen LogP contribution >= 0.6 is 0 Å². The minimum absolute atomic E-state index is 0.346. The first-order valence-corrected chi connectivity index (χ1v) is 6.45. The standard InChI is InChI=1S/C14H17N5O/c1-14(20,10-7-16-19(2)8-10)9-15-13-17-11-5-3-4-6-12(11)18-13/h3-8,20H,9H2,1-2H3,(H2,15,17,18). The fourth-order valence-electron chi connectivity index (χ4n) is 2.09. The minimum Gasteiger partial charge on any atom is -0.383 e. The number of fused-ring (bicyclic) bond motifs is 1. The number of aromatic nitrogens is 4. The monoisotopic (exact) mass is 271 g/mol. The molecule has 2 heterocycles. The van der Waals surface area contributed by atoms with Crippen molar-refractivity contribution in [3.05, 3.63) is 42.2 Å². The summed E-state index contributed by atoms with van der Waals surface area (Å²) < 4.78 is 1.67. The van der Waals surface area contributed by atoms with E-state index < -0.39 is 5.60 Å². The fourth-order valence-corrected chi connectivity index (χ4v) is 2.09. The van der Waals surface area contributed by atoms with Crippen LogP contribution in [0.5, 0.6) is 0 Å². The number of aliphatic hydroxyl groups is 1. The van der Waals surface area contributed by atoms with E-state index in [0.717, 1.165) is 16.6 Å². The zero-order chi connectivity index (χ0) is 14.2. The molecule has 3 rings (SSSR count). The zero-order valence-electron chi connectivity index (χ0n) is 11.5. The van der Waals surface area contributed by atoms with Crippen LogP contribution in [0.15, 0.2) is 36.7 Å². The van der Waals surface area contributed by atoms with Gasteiger partial charge in [-0.05, 0) is 19.1 Å². The predicted octanol–water partition coefficient (Wildman–Crippen LogP) is 1.62. The number of imidazole rings is 1. The van der Waals surface area contributed by atoms with Gasteiger partial charge < -0.3 is 15.4 Å². The molecule has 1 atom stereocenters. The molecule has 3 aromatic rings. The Kier molecular flexibility index (Phi) is 2.94. The number of aromatic amines is 1. The van der Waals surface area contributed by atoms with Gasteiger partial charge in [-0.25, -0.2) is 4.98 Å². The average Bonchev–Trinajstić information content (AvgIpc) is 3.02. The van der Waals surface area contributed by atoms with Crippen LogP contribution in [0.4, 0.5) is 5.95 Å². The summed E-state index contributed by atoms with van der Waals surface area (Å²) in [6.45, 7) is 2.10. The highest BCUT2D eigenvalue weighted by Gasteiger charge is 2.24. The normalized spacial score (nSPS) is 14.3. The Hall–Kier alpha value is -2.34. The van der Waals surface area contributed by atoms with Gasteiger partial charge >= 0.3 is 0 Å². The molecule has 104 valence electrons. The second kappa shape index (κ2) is 4.64. The van der Waals surface area contributed by atoms with E-state index >= 15 is 0 Å². The van der Waals surface area contributed by atoms with Gasteiger partial charge in [0.15, 0.2) is 0 Å². The second-order valence-electron chi connectivity index (χ2n) is 5.13. The van der Waals surface area contributed by atoms with E-state index in [4.69, 9.17) is 0 Å². The number of nitrogens with one attached hydrogen (secondary N) is 2. The molecular formula is C14H17N5O. The number of aryl methyl sites for hydroxylation is 1. The molecule has 0 fully saturated rings. The summed E-state index contributed by atoms with van der Waals surface area (Å²) in [4.78, 5) is 7.59. The second-order valence-corrected chi connectivity index (χ2v) is 5.13. The summed E-state index contributed by atoms with van der Waals surface area (Å²) >= 11 is 0. The molecule has 0 amide bonds. The molecule has 0 bridgehead atoms. The molecule has 2 aromatic heterocycles. The Labute approximate surface area is 116 Å². The Morgan fingerprint density at radius 2 is 2.20 bits per heavy atom. The molecule has 0 radical (unpaired) electrons. The zero-order valence-corrected chi connectivity index (χ0v) is 11.5. The summed E-state index contributed by atoms with van der Waals surface area (Å²) in [6.07, 6.45) is 3.47. The first kappa shape index (κ1) is 12.7. The summed E-state index contributed by atoms with van der Waals surface area (Å²) in [5, 5.41) is 17.7. The maximum absolute atomic E-state index is 10.5. The SMILES string of the molecule is Cn1cc(C(C)(O)CNc2nc3ccccc3[nH]2)cn1. The number of para-hydroxylation sites is 2. The molecule has 6 nitrogen and oxygen atoms in total. The Morgan fingerprint density at radius 1 is 1.40 bits per heavy atom. The van der Waals surface area contributed by atoms with Crippen molar-refractivity contribution in [3.63, 3.8) is 0 Å². The van der Waals surface area contributed by atoms with E-state index in [1.165, 1.54) is 0 Å². The van der Waals surface area contributed by atoms with Gasteiger partial charge in [-0.3, -0.25) is 4.68 Å². The number of hydrogen-bond donors (Lipinski definition) is 3. The number of benzene rings is 1. The van der Waals surface area contributed by atoms with Crippen LogP contribution < -0.4 is 5.32 Å². The van der Waals surface area contributed by atoms with Gasteiger partial charge in [0.05, 0.1) is 23.8 Å². The number of H-pyrrole nitrogens is 1. The lowest BCUT2D eigenvalue weighted by atomic mass is 10.00. The molecule has 20 heavy (non-hydrogen) atoms. The van der Waals surface area contributed by atoms with Gasteiger partial charge in [-0.2, -0.15) is 5.10 Å². The molecule has 3 N–H and O–H groups in total. The fraction of sp³-hybridized carbons (Fsp3) is 0.286. The van der Waals surface area contributed by atoms with Crippen LogP contribution in [0.3, 0.4) is 0 Å². The lowest BCUT2D eigenvalue weighted by Gasteiger charge is -2.21. The van der Waals surface area contributed by atoms with Crippen LogP contribution in [0.2, 0.25) is 0 Å². The van der Waals surface area contributed by atoms with E-state index in [1.807, 2.05) is 31.3 Å². The third-order valence-electron chi connectivity index (χ3n) is 3.32. The maximum Gasteiger partial charge on any atom is 0.201 e. The molecule has 6 heteroatoms. The molecule has 0 aliphatic heterocycles. The lowest BCUT2D eigenvalue weighted by Crippen LogP contribution is -2.30. The van der Waals surface area contributed by atoms with E-state index in [-0.39, 0.29) is 0 Å². The number of hydrogen-bond acceptors (Lipinski definition) is 4. The average molecular weight is 271 g/mol. The van der Waals surface area contributed by atoms with Gasteiger partial charge in [-0.1, -0.05) is 12.1 Å². The maximum atomic E-state index is 10.5. The van der Waals surface area contributed by atoms with Crippen molar-refractivity contribution in [2.75, 3.05) is 11.9 Å². The first-order valence-electron chi connectivity index (χ1n) is 6.45. The summed E-state index contributed by atoms with van der Waals surface area (Å²) in [6, 6.07) is 7.80. The third-order valence-corrected chi connectivity index (χ3v) is 3.32. The lowest BCUT2D eigenvalue weighted by molar-refractivity contribution is 0.0713. The van der Waals surface area contributed by atoms with Gasteiger partial charge in [0, 0.05) is 18.8 Å². The first-order chi connectivity index (χ1) is 9.54. The Balaban J connectivity index is 1.75. The van der Waals surface area contributed by atoms with E-state index in [1.54, 1.807) is 24.0 Å². The van der Waals surface area contributed by atoms with Crippen molar-refractivity contribution >= 4 is 17.0 Å². The highest BCUT2D eigenvalue weighted by atomic mass is 16.3. The highest BCUT2D eigenvalue weighted by Crippen LogP contribution is 2.21. The van der Waals surface area contributed by atoms with E-state index in [9.17, 15) is 5.11 Å². The van der Waals surface area contributed by atoms with Crippen LogP contribution in [0, 0.1) is 0 Å². The molecule has 1 unspecified atom stereocenters. The molecular weight excluding hydrogens is 254 g/mol. The number of anilines is 1. The van der Waals surface area contributed by atoms with Crippen molar-refractivity contribution in [1.29, 1.82) is 0 Å². The number of rotatable bonds is 4. The molecule has 0 saturated heterocycles. The molecule has 0 spiro atoms. The van der Waals surface area contributed by atoms with Gasteiger partial charge in [-0.15, -0.1) is 0 Å². The summed E-state index contributed by atoms with van der Waals surface area (Å²) in [5.41, 5.74) is 1.63. The minimum atomic E-state index is -1.01. The summed E-state index contributed by atoms with van der Waals surface area (Å²) in [7, 11) is 1.83. The van der Waals surface area contributed by atoms with Crippen molar-refractivity contribution in [1.82, 2.24) is 19.7 Å². The van der Waals surface area contributed by atoms with Crippen molar-refractivity contribution < 1.29 is 5.11 Å². The van der Waals surface area contributed by atoms with E-state index in [2.05, 4.69) is 20.4 Å². The Morgan fingerprint density at radius 3 is 2.90 bits per heavy atom. The van der Waals surface area contributed by atoms with Crippen molar-refractivity contribution in [2.24, 2.45) is 7.05 Å². The number of nitrogens with zero attached hydrogens (tertiary/aromatic N) is 3. The van der Waals surface area contributed by atoms with Crippen LogP contribution in [0.1, 0.15) is 12.5 Å². The molecule has 0 aliphatic rings. The van der Waals surface area contributed by atoms with E-state index in [0.29, 0.717) is 12.5 Å². The summed E-state index contributed by atoms with van der Waals surface area (Å²) in [5.74, 6) is 0.648. The highest BCUT2D eigenvalue weighted by molar-refractivity contribution is 5.77. The van der Waals surface area contributed by atoms with Crippen LogP contribution in [0.25, 0.3) is 11.0 Å².